The molecule has 0 aromatic carbocycles. The first kappa shape index (κ1) is 17.8. The molecular weight excluding hydrogens is 290 g/mol. The number of aromatic nitrogens is 2. The number of hydrogen-bond acceptors (Lipinski definition) is 5. The van der Waals surface area contributed by atoms with Gasteiger partial charge in [0.15, 0.2) is 0 Å². The lowest BCUT2D eigenvalue weighted by Gasteiger charge is -2.23. The van der Waals surface area contributed by atoms with Crippen molar-refractivity contribution in [1.29, 1.82) is 0 Å². The van der Waals surface area contributed by atoms with Crippen molar-refractivity contribution in [3.63, 3.8) is 0 Å². The van der Waals surface area contributed by atoms with E-state index in [2.05, 4.69) is 10.4 Å². The van der Waals surface area contributed by atoms with Crippen LogP contribution in [0.4, 0.5) is 4.79 Å². The second-order valence-corrected chi connectivity index (χ2v) is 5.93. The Hall–Kier alpha value is -2.25. The van der Waals surface area contributed by atoms with Crippen LogP contribution >= 0.6 is 0 Å². The molecule has 2 N–H and O–H groups in total. The van der Waals surface area contributed by atoms with Crippen molar-refractivity contribution in [2.24, 2.45) is 7.05 Å². The number of carbonyl (C=O) groups excluding carboxylic acids is 1. The van der Waals surface area contributed by atoms with Gasteiger partial charge in [-0.05, 0) is 27.7 Å². The van der Waals surface area contributed by atoms with E-state index >= 15 is 0 Å². The van der Waals surface area contributed by atoms with E-state index in [9.17, 15) is 9.59 Å². The van der Waals surface area contributed by atoms with Crippen LogP contribution in [0.3, 0.4) is 0 Å². The summed E-state index contributed by atoms with van der Waals surface area (Å²) in [4.78, 5) is 23.1. The van der Waals surface area contributed by atoms with E-state index in [0.29, 0.717) is 17.1 Å². The smallest absolute Gasteiger partial charge is 0.408 e. The lowest BCUT2D eigenvalue weighted by atomic mass is 10.0. The number of ether oxygens (including phenoxy) is 2. The number of aliphatic carboxylic acids is 1. The van der Waals surface area contributed by atoms with Gasteiger partial charge in [-0.1, -0.05) is 0 Å². The summed E-state index contributed by atoms with van der Waals surface area (Å²) in [5.41, 5.74) is 0.436. The van der Waals surface area contributed by atoms with Gasteiger partial charge in [-0.3, -0.25) is 4.79 Å². The number of carbonyl (C=O) groups is 2. The summed E-state index contributed by atoms with van der Waals surface area (Å²) in [5, 5.41) is 15.9. The Morgan fingerprint density at radius 2 is 2.00 bits per heavy atom. The number of alkyl carbamates (subject to hydrolysis) is 1. The minimum Gasteiger partial charge on any atom is -0.481 e. The standard InChI is InChI=1S/C14H23N3O5/c1-8-11(12(21-6)17(5)16-8)9(7-10(18)19)15-13(20)22-14(2,3)4/h9H,7H2,1-6H3,(H,15,20)(H,18,19)/t9-/m1/s1. The molecule has 1 rings (SSSR count). The summed E-state index contributed by atoms with van der Waals surface area (Å²) in [7, 11) is 3.14. The zero-order chi connectivity index (χ0) is 17.1. The molecule has 1 aromatic rings. The molecule has 0 aliphatic rings. The molecule has 0 unspecified atom stereocenters. The molecule has 1 heterocycles. The summed E-state index contributed by atoms with van der Waals surface area (Å²) in [6.45, 7) is 6.92. The third-order valence-electron chi connectivity index (χ3n) is 2.83. The van der Waals surface area contributed by atoms with Crippen molar-refractivity contribution in [3.8, 4) is 5.88 Å². The molecule has 8 heteroatoms. The van der Waals surface area contributed by atoms with Gasteiger partial charge in [0.1, 0.15) is 5.60 Å². The van der Waals surface area contributed by atoms with Gasteiger partial charge in [-0.15, -0.1) is 0 Å². The minimum atomic E-state index is -1.05. The first-order valence-electron chi connectivity index (χ1n) is 6.84. The largest absolute Gasteiger partial charge is 0.481 e. The van der Waals surface area contributed by atoms with Gasteiger partial charge in [-0.25, -0.2) is 9.48 Å². The van der Waals surface area contributed by atoms with Gasteiger partial charge in [0.25, 0.3) is 0 Å². The van der Waals surface area contributed by atoms with Crippen molar-refractivity contribution < 1.29 is 24.2 Å². The Morgan fingerprint density at radius 3 is 2.45 bits per heavy atom. The van der Waals surface area contributed by atoms with E-state index < -0.39 is 23.7 Å². The predicted octanol–water partition coefficient (Wildman–Crippen LogP) is 1.78. The number of nitrogens with one attached hydrogen (secondary N) is 1. The fourth-order valence-electron chi connectivity index (χ4n) is 2.15. The van der Waals surface area contributed by atoms with E-state index in [0.717, 1.165) is 0 Å². The fraction of sp³-hybridized carbons (Fsp3) is 0.643. The third kappa shape index (κ3) is 4.64. The number of amides is 1. The molecule has 0 spiro atoms. The first-order valence-corrected chi connectivity index (χ1v) is 6.84. The molecule has 1 aromatic heterocycles. The molecule has 22 heavy (non-hydrogen) atoms. The predicted molar refractivity (Wildman–Crippen MR) is 78.9 cm³/mol. The minimum absolute atomic E-state index is 0.303. The lowest BCUT2D eigenvalue weighted by molar-refractivity contribution is -0.137. The van der Waals surface area contributed by atoms with Crippen LogP contribution in [0.5, 0.6) is 5.88 Å². The molecule has 124 valence electrons. The normalized spacial score (nSPS) is 12.6. The molecule has 0 fully saturated rings. The maximum Gasteiger partial charge on any atom is 0.408 e. The number of nitrogens with zero attached hydrogens (tertiary/aromatic N) is 2. The van der Waals surface area contributed by atoms with Crippen molar-refractivity contribution in [1.82, 2.24) is 15.1 Å². The van der Waals surface area contributed by atoms with Crippen LogP contribution in [-0.4, -0.2) is 39.7 Å². The monoisotopic (exact) mass is 313 g/mol. The number of aryl methyl sites for hydroxylation is 2. The Morgan fingerprint density at radius 1 is 1.41 bits per heavy atom. The molecule has 1 atom stereocenters. The highest BCUT2D eigenvalue weighted by atomic mass is 16.6. The van der Waals surface area contributed by atoms with Gasteiger partial charge in [0.05, 0.1) is 30.8 Å². The maximum atomic E-state index is 11.9. The molecular formula is C14H23N3O5. The second-order valence-electron chi connectivity index (χ2n) is 5.93. The van der Waals surface area contributed by atoms with Gasteiger partial charge in [0, 0.05) is 7.05 Å². The van der Waals surface area contributed by atoms with Gasteiger partial charge in [0.2, 0.25) is 5.88 Å². The van der Waals surface area contributed by atoms with Crippen LogP contribution in [0.2, 0.25) is 0 Å². The molecule has 8 nitrogen and oxygen atoms in total. The third-order valence-corrected chi connectivity index (χ3v) is 2.83. The first-order chi connectivity index (χ1) is 10.0. The summed E-state index contributed by atoms with van der Waals surface area (Å²) in [6.07, 6.45) is -0.994. The van der Waals surface area contributed by atoms with E-state index in [1.165, 1.54) is 11.8 Å². The molecule has 1 amide bonds. The topological polar surface area (TPSA) is 103 Å². The summed E-state index contributed by atoms with van der Waals surface area (Å²) < 4.78 is 11.9. The molecule has 0 aliphatic carbocycles. The fourth-order valence-corrected chi connectivity index (χ4v) is 2.15. The SMILES string of the molecule is COc1c([C@@H](CC(=O)O)NC(=O)OC(C)(C)C)c(C)nn1C. The Labute approximate surface area is 129 Å². The quantitative estimate of drug-likeness (QED) is 0.859. The van der Waals surface area contributed by atoms with E-state index in [-0.39, 0.29) is 6.42 Å². The van der Waals surface area contributed by atoms with Crippen LogP contribution in [-0.2, 0) is 16.6 Å². The highest BCUT2D eigenvalue weighted by Gasteiger charge is 2.28. The highest BCUT2D eigenvalue weighted by molar-refractivity contribution is 5.72. The number of carboxylic acid groups (broad SMARTS) is 1. The van der Waals surface area contributed by atoms with Gasteiger partial charge >= 0.3 is 12.1 Å². The second kappa shape index (κ2) is 6.67. The van der Waals surface area contributed by atoms with Crippen molar-refractivity contribution in [2.75, 3.05) is 7.11 Å². The van der Waals surface area contributed by atoms with Crippen LogP contribution in [0.25, 0.3) is 0 Å². The molecule has 0 aliphatic heterocycles. The summed E-state index contributed by atoms with van der Waals surface area (Å²) >= 11 is 0. The van der Waals surface area contributed by atoms with Crippen molar-refractivity contribution in [3.05, 3.63) is 11.3 Å². The zero-order valence-corrected chi connectivity index (χ0v) is 13.8. The average molecular weight is 313 g/mol. The van der Waals surface area contributed by atoms with Crippen LogP contribution in [0.1, 0.15) is 44.5 Å². The Kier molecular flexibility index (Phi) is 5.40. The summed E-state index contributed by atoms with van der Waals surface area (Å²) in [5.74, 6) is -0.647. The highest BCUT2D eigenvalue weighted by Crippen LogP contribution is 2.30. The molecule has 0 radical (unpaired) electrons. The molecule has 0 bridgehead atoms. The van der Waals surface area contributed by atoms with Gasteiger partial charge in [-0.2, -0.15) is 5.10 Å². The maximum absolute atomic E-state index is 11.9. The van der Waals surface area contributed by atoms with Crippen molar-refractivity contribution >= 4 is 12.1 Å². The number of rotatable bonds is 5. The van der Waals surface area contributed by atoms with E-state index in [1.54, 1.807) is 34.7 Å². The Bertz CT molecular complexity index is 560. The number of carboxylic acids is 1. The van der Waals surface area contributed by atoms with Gasteiger partial charge < -0.3 is 19.9 Å². The van der Waals surface area contributed by atoms with E-state index in [4.69, 9.17) is 14.6 Å². The van der Waals surface area contributed by atoms with Crippen molar-refractivity contribution in [2.45, 2.75) is 45.8 Å². The number of methoxy groups -OCH3 is 1. The van der Waals surface area contributed by atoms with E-state index in [1.807, 2.05) is 0 Å². The van der Waals surface area contributed by atoms with Crippen LogP contribution in [0, 0.1) is 6.92 Å². The lowest BCUT2D eigenvalue weighted by Crippen LogP contribution is -2.36. The summed E-state index contributed by atoms with van der Waals surface area (Å²) in [6, 6.07) is -0.795. The average Bonchev–Trinajstić information content (AvgIpc) is 2.59. The Balaban J connectivity index is 3.09. The number of hydrogen-bond donors (Lipinski definition) is 2. The van der Waals surface area contributed by atoms with Crippen LogP contribution < -0.4 is 10.1 Å². The van der Waals surface area contributed by atoms with Crippen LogP contribution in [0.15, 0.2) is 0 Å². The zero-order valence-electron chi connectivity index (χ0n) is 13.8. The molecule has 0 saturated heterocycles. The molecule has 0 saturated carbocycles.